The Balaban J connectivity index is 2.29. The number of benzene rings is 1. The third-order valence-corrected chi connectivity index (χ3v) is 6.26. The third kappa shape index (κ3) is 4.01. The second kappa shape index (κ2) is 7.32. The molecule has 1 aromatic carbocycles. The molecule has 4 nitrogen and oxygen atoms in total. The van der Waals surface area contributed by atoms with Gasteiger partial charge in [-0.25, -0.2) is 8.42 Å². The van der Waals surface area contributed by atoms with Crippen molar-refractivity contribution < 1.29 is 13.5 Å². The molecule has 1 saturated heterocycles. The zero-order valence-electron chi connectivity index (χ0n) is 12.0. The zero-order valence-corrected chi connectivity index (χ0v) is 13.6. The molecule has 21 heavy (non-hydrogen) atoms. The number of aliphatic hydroxyl groups excluding tert-OH is 1. The molecule has 114 valence electrons. The number of sulfonamides is 1. The first-order chi connectivity index (χ1) is 10.1. The number of hydrogen-bond acceptors (Lipinski definition) is 4. The fourth-order valence-corrected chi connectivity index (χ4v) is 4.75. The van der Waals surface area contributed by atoms with Crippen LogP contribution in [0.5, 0.6) is 0 Å². The molecule has 1 fully saturated rings. The van der Waals surface area contributed by atoms with Crippen molar-refractivity contribution in [2.75, 3.05) is 31.2 Å². The SMILES string of the molecule is Cc1cc(S(=O)(=O)N2CCCSCC2)ccc1C#CCO. The second-order valence-electron chi connectivity index (χ2n) is 4.81. The van der Waals surface area contributed by atoms with Crippen LogP contribution >= 0.6 is 11.8 Å². The molecule has 0 amide bonds. The van der Waals surface area contributed by atoms with Gasteiger partial charge < -0.3 is 5.11 Å². The van der Waals surface area contributed by atoms with Crippen LogP contribution in [-0.4, -0.2) is 49.0 Å². The minimum atomic E-state index is -3.42. The molecular weight excluding hydrogens is 306 g/mol. The summed E-state index contributed by atoms with van der Waals surface area (Å²) in [5.41, 5.74) is 1.55. The molecule has 1 aliphatic rings. The van der Waals surface area contributed by atoms with Crippen molar-refractivity contribution in [3.8, 4) is 11.8 Å². The number of aliphatic hydroxyl groups is 1. The minimum Gasteiger partial charge on any atom is -0.384 e. The lowest BCUT2D eigenvalue weighted by Gasteiger charge is -2.20. The van der Waals surface area contributed by atoms with E-state index in [1.807, 2.05) is 6.92 Å². The highest BCUT2D eigenvalue weighted by molar-refractivity contribution is 7.99. The molecule has 0 aromatic heterocycles. The van der Waals surface area contributed by atoms with E-state index in [0.29, 0.717) is 18.0 Å². The summed E-state index contributed by atoms with van der Waals surface area (Å²) in [7, 11) is -3.42. The van der Waals surface area contributed by atoms with E-state index in [1.165, 1.54) is 0 Å². The van der Waals surface area contributed by atoms with Crippen LogP contribution in [0.2, 0.25) is 0 Å². The van der Waals surface area contributed by atoms with Crippen LogP contribution in [0.3, 0.4) is 0 Å². The van der Waals surface area contributed by atoms with Crippen LogP contribution in [0, 0.1) is 18.8 Å². The lowest BCUT2D eigenvalue weighted by Crippen LogP contribution is -2.33. The van der Waals surface area contributed by atoms with E-state index < -0.39 is 10.0 Å². The van der Waals surface area contributed by atoms with Crippen molar-refractivity contribution >= 4 is 21.8 Å². The summed E-state index contributed by atoms with van der Waals surface area (Å²) in [6.07, 6.45) is 0.892. The predicted molar refractivity (Wildman–Crippen MR) is 85.8 cm³/mol. The fourth-order valence-electron chi connectivity index (χ4n) is 2.18. The van der Waals surface area contributed by atoms with Crippen molar-refractivity contribution in [1.82, 2.24) is 4.31 Å². The molecule has 0 spiro atoms. The predicted octanol–water partition coefficient (Wildman–Crippen LogP) is 1.47. The Bertz CT molecular complexity index is 651. The van der Waals surface area contributed by atoms with Crippen LogP contribution in [-0.2, 0) is 10.0 Å². The topological polar surface area (TPSA) is 57.6 Å². The van der Waals surface area contributed by atoms with E-state index in [1.54, 1.807) is 34.3 Å². The Morgan fingerprint density at radius 1 is 1.33 bits per heavy atom. The quantitative estimate of drug-likeness (QED) is 0.837. The van der Waals surface area contributed by atoms with Crippen molar-refractivity contribution in [3.63, 3.8) is 0 Å². The Labute approximate surface area is 130 Å². The van der Waals surface area contributed by atoms with Gasteiger partial charge in [-0.2, -0.15) is 16.1 Å². The highest BCUT2D eigenvalue weighted by atomic mass is 32.2. The van der Waals surface area contributed by atoms with Gasteiger partial charge in [-0.1, -0.05) is 11.8 Å². The number of hydrogen-bond donors (Lipinski definition) is 1. The fraction of sp³-hybridized carbons (Fsp3) is 0.467. The van der Waals surface area contributed by atoms with E-state index in [0.717, 1.165) is 29.1 Å². The lowest BCUT2D eigenvalue weighted by molar-refractivity contribution is 0.350. The Morgan fingerprint density at radius 2 is 2.14 bits per heavy atom. The van der Waals surface area contributed by atoms with Crippen LogP contribution in [0.4, 0.5) is 0 Å². The molecular formula is C15H19NO3S2. The number of rotatable bonds is 2. The normalized spacial score (nSPS) is 16.9. The Morgan fingerprint density at radius 3 is 2.86 bits per heavy atom. The first-order valence-electron chi connectivity index (χ1n) is 6.84. The van der Waals surface area contributed by atoms with E-state index in [2.05, 4.69) is 11.8 Å². The zero-order chi connectivity index (χ0) is 15.3. The van der Waals surface area contributed by atoms with Gasteiger partial charge in [0.25, 0.3) is 0 Å². The summed E-state index contributed by atoms with van der Waals surface area (Å²) >= 11 is 1.80. The van der Waals surface area contributed by atoms with Gasteiger partial charge >= 0.3 is 0 Å². The van der Waals surface area contributed by atoms with Crippen molar-refractivity contribution in [3.05, 3.63) is 29.3 Å². The van der Waals surface area contributed by atoms with E-state index in [9.17, 15) is 8.42 Å². The van der Waals surface area contributed by atoms with Gasteiger partial charge in [-0.05, 0) is 42.9 Å². The van der Waals surface area contributed by atoms with Gasteiger partial charge in [-0.3, -0.25) is 0 Å². The molecule has 1 aromatic rings. The summed E-state index contributed by atoms with van der Waals surface area (Å²) in [4.78, 5) is 0.321. The van der Waals surface area contributed by atoms with E-state index in [4.69, 9.17) is 5.11 Å². The van der Waals surface area contributed by atoms with Crippen LogP contribution in [0.25, 0.3) is 0 Å². The molecule has 0 bridgehead atoms. The largest absolute Gasteiger partial charge is 0.384 e. The second-order valence-corrected chi connectivity index (χ2v) is 7.97. The van der Waals surface area contributed by atoms with E-state index >= 15 is 0 Å². The third-order valence-electron chi connectivity index (χ3n) is 3.32. The van der Waals surface area contributed by atoms with Crippen LogP contribution < -0.4 is 0 Å². The van der Waals surface area contributed by atoms with Crippen molar-refractivity contribution in [2.24, 2.45) is 0 Å². The van der Waals surface area contributed by atoms with Gasteiger partial charge in [0.05, 0.1) is 4.90 Å². The van der Waals surface area contributed by atoms with Gasteiger partial charge in [0.15, 0.2) is 0 Å². The molecule has 0 saturated carbocycles. The summed E-state index contributed by atoms with van der Waals surface area (Å²) in [6, 6.07) is 4.97. The maximum Gasteiger partial charge on any atom is 0.243 e. The minimum absolute atomic E-state index is 0.203. The van der Waals surface area contributed by atoms with E-state index in [-0.39, 0.29) is 6.61 Å². The highest BCUT2D eigenvalue weighted by Crippen LogP contribution is 2.22. The number of aryl methyl sites for hydroxylation is 1. The molecule has 1 aliphatic heterocycles. The molecule has 0 unspecified atom stereocenters. The van der Waals surface area contributed by atoms with Crippen molar-refractivity contribution in [1.29, 1.82) is 0 Å². The average molecular weight is 325 g/mol. The summed E-state index contributed by atoms with van der Waals surface area (Å²) in [6.45, 7) is 2.78. The lowest BCUT2D eigenvalue weighted by atomic mass is 10.1. The highest BCUT2D eigenvalue weighted by Gasteiger charge is 2.25. The number of nitrogens with zero attached hydrogens (tertiary/aromatic N) is 1. The van der Waals surface area contributed by atoms with Gasteiger partial charge in [0, 0.05) is 24.4 Å². The number of thioether (sulfide) groups is 1. The van der Waals surface area contributed by atoms with Gasteiger partial charge in [0.2, 0.25) is 10.0 Å². The molecule has 0 aliphatic carbocycles. The van der Waals surface area contributed by atoms with Gasteiger partial charge in [0.1, 0.15) is 6.61 Å². The summed E-state index contributed by atoms with van der Waals surface area (Å²) in [5, 5.41) is 8.72. The molecule has 0 atom stereocenters. The van der Waals surface area contributed by atoms with Crippen LogP contribution in [0.1, 0.15) is 17.5 Å². The first kappa shape index (κ1) is 16.4. The van der Waals surface area contributed by atoms with Crippen molar-refractivity contribution in [2.45, 2.75) is 18.2 Å². The first-order valence-corrected chi connectivity index (χ1v) is 9.43. The Hall–Kier alpha value is -1.00. The smallest absolute Gasteiger partial charge is 0.243 e. The molecule has 6 heteroatoms. The van der Waals surface area contributed by atoms with Crippen LogP contribution in [0.15, 0.2) is 23.1 Å². The standard InChI is InChI=1S/C15H19NO3S2/c1-13-12-15(6-5-14(13)4-2-9-17)21(18,19)16-7-3-10-20-11-8-16/h5-6,12,17H,3,7-11H2,1H3. The maximum absolute atomic E-state index is 12.7. The Kier molecular flexibility index (Phi) is 5.71. The molecule has 1 N–H and O–H groups in total. The summed E-state index contributed by atoms with van der Waals surface area (Å²) in [5.74, 6) is 7.26. The van der Waals surface area contributed by atoms with Gasteiger partial charge in [-0.15, -0.1) is 0 Å². The molecule has 2 rings (SSSR count). The molecule has 1 heterocycles. The maximum atomic E-state index is 12.7. The summed E-state index contributed by atoms with van der Waals surface area (Å²) < 4.78 is 26.9. The average Bonchev–Trinajstić information content (AvgIpc) is 2.75. The monoisotopic (exact) mass is 325 g/mol. The molecule has 0 radical (unpaired) electrons.